The number of oxazole rings is 1. The van der Waals surface area contributed by atoms with E-state index in [1.54, 1.807) is 11.8 Å². The van der Waals surface area contributed by atoms with Crippen molar-refractivity contribution in [1.29, 1.82) is 0 Å². The Morgan fingerprint density at radius 3 is 2.06 bits per heavy atom. The lowest BCUT2D eigenvalue weighted by molar-refractivity contribution is 0.425. The van der Waals surface area contributed by atoms with Crippen LogP contribution in [0.5, 0.6) is 0 Å². The average Bonchev–Trinajstić information content (AvgIpc) is 3.46. The predicted octanol–water partition coefficient (Wildman–Crippen LogP) is 6.66. The second-order valence-electron chi connectivity index (χ2n) is 7.02. The van der Waals surface area contributed by atoms with Crippen LogP contribution in [0.15, 0.2) is 99.1 Å². The van der Waals surface area contributed by atoms with Gasteiger partial charge in [0, 0.05) is 22.4 Å². The Balaban J connectivity index is 1.38. The quantitative estimate of drug-likeness (QED) is 0.283. The lowest BCUT2D eigenvalue weighted by atomic mass is 10.1. The number of benzene rings is 3. The Hall–Kier alpha value is -3.64. The minimum absolute atomic E-state index is 0.532. The maximum Gasteiger partial charge on any atom is 0.257 e. The molecule has 2 heterocycles. The molecule has 0 unspecified atom stereocenters. The van der Waals surface area contributed by atoms with Gasteiger partial charge in [-0.05, 0) is 24.6 Å². The maximum atomic E-state index is 6.19. The minimum Gasteiger partial charge on any atom is -0.431 e. The van der Waals surface area contributed by atoms with E-state index in [1.807, 2.05) is 67.6 Å². The summed E-state index contributed by atoms with van der Waals surface area (Å²) in [4.78, 5) is 9.07. The molecule has 5 aromatic rings. The summed E-state index contributed by atoms with van der Waals surface area (Å²) in [6, 6.07) is 28.3. The lowest BCUT2D eigenvalue weighted by Crippen LogP contribution is -1.83. The van der Waals surface area contributed by atoms with Crippen LogP contribution in [-0.2, 0) is 5.75 Å². The van der Waals surface area contributed by atoms with Crippen LogP contribution >= 0.6 is 11.8 Å². The van der Waals surface area contributed by atoms with Gasteiger partial charge in [0.1, 0.15) is 5.69 Å². The van der Waals surface area contributed by atoms with E-state index in [9.17, 15) is 0 Å². The smallest absolute Gasteiger partial charge is 0.257 e. The van der Waals surface area contributed by atoms with Crippen molar-refractivity contribution in [2.75, 3.05) is 0 Å². The molecule has 6 heteroatoms. The van der Waals surface area contributed by atoms with Crippen LogP contribution in [0.4, 0.5) is 0 Å². The molecule has 0 aliphatic carbocycles. The molecular weight excluding hydrogens is 406 g/mol. The first-order valence-electron chi connectivity index (χ1n) is 9.90. The zero-order valence-corrected chi connectivity index (χ0v) is 17.7. The van der Waals surface area contributed by atoms with Gasteiger partial charge in [0.2, 0.25) is 0 Å². The van der Waals surface area contributed by atoms with Crippen LogP contribution in [0.1, 0.15) is 11.4 Å². The van der Waals surface area contributed by atoms with Crippen molar-refractivity contribution in [1.82, 2.24) is 15.1 Å². The van der Waals surface area contributed by atoms with E-state index in [2.05, 4.69) is 34.4 Å². The summed E-state index contributed by atoms with van der Waals surface area (Å²) in [5, 5.41) is 4.49. The molecule has 0 spiro atoms. The van der Waals surface area contributed by atoms with E-state index in [4.69, 9.17) is 13.9 Å². The molecule has 0 radical (unpaired) electrons. The van der Waals surface area contributed by atoms with Crippen molar-refractivity contribution in [3.05, 3.63) is 96.3 Å². The fraction of sp³-hybridized carbons (Fsp3) is 0.0800. The van der Waals surface area contributed by atoms with Crippen LogP contribution in [-0.4, -0.2) is 15.1 Å². The number of aryl methyl sites for hydroxylation is 1. The SMILES string of the molecule is Cc1noc(-c2ccc(CSc3nc(-c4ccccc4)c(-c4ccccc4)o3)cc2)n1. The average molecular weight is 426 g/mol. The summed E-state index contributed by atoms with van der Waals surface area (Å²) in [6.07, 6.45) is 0. The van der Waals surface area contributed by atoms with Crippen molar-refractivity contribution in [2.45, 2.75) is 17.9 Å². The van der Waals surface area contributed by atoms with E-state index in [-0.39, 0.29) is 0 Å². The second-order valence-corrected chi connectivity index (χ2v) is 7.95. The van der Waals surface area contributed by atoms with Crippen LogP contribution < -0.4 is 0 Å². The molecule has 31 heavy (non-hydrogen) atoms. The fourth-order valence-corrected chi connectivity index (χ4v) is 4.02. The first-order valence-corrected chi connectivity index (χ1v) is 10.9. The predicted molar refractivity (Wildman–Crippen MR) is 121 cm³/mol. The zero-order chi connectivity index (χ0) is 21.0. The Morgan fingerprint density at radius 1 is 0.742 bits per heavy atom. The number of hydrogen-bond acceptors (Lipinski definition) is 6. The van der Waals surface area contributed by atoms with Gasteiger partial charge in [-0.25, -0.2) is 4.98 Å². The molecule has 0 saturated heterocycles. The third-order valence-corrected chi connectivity index (χ3v) is 5.68. The van der Waals surface area contributed by atoms with Crippen molar-refractivity contribution >= 4 is 11.8 Å². The summed E-state index contributed by atoms with van der Waals surface area (Å²) < 4.78 is 11.4. The van der Waals surface area contributed by atoms with Gasteiger partial charge >= 0.3 is 0 Å². The van der Waals surface area contributed by atoms with Crippen molar-refractivity contribution in [2.24, 2.45) is 0 Å². The first-order chi connectivity index (χ1) is 15.3. The molecule has 2 aromatic heterocycles. The van der Waals surface area contributed by atoms with E-state index in [0.29, 0.717) is 16.9 Å². The summed E-state index contributed by atoms with van der Waals surface area (Å²) in [5.41, 5.74) is 4.97. The first kappa shape index (κ1) is 19.3. The number of thioether (sulfide) groups is 1. The number of nitrogens with zero attached hydrogens (tertiary/aromatic N) is 3. The monoisotopic (exact) mass is 425 g/mol. The van der Waals surface area contributed by atoms with Gasteiger partial charge in [-0.15, -0.1) is 0 Å². The van der Waals surface area contributed by atoms with Crippen LogP contribution in [0.2, 0.25) is 0 Å². The Labute approximate surface area is 184 Å². The van der Waals surface area contributed by atoms with Crippen molar-refractivity contribution < 1.29 is 8.94 Å². The van der Waals surface area contributed by atoms with Crippen molar-refractivity contribution in [3.63, 3.8) is 0 Å². The highest BCUT2D eigenvalue weighted by molar-refractivity contribution is 7.98. The normalized spacial score (nSPS) is 11.0. The molecule has 0 atom stereocenters. The van der Waals surface area contributed by atoms with Gasteiger partial charge in [0.25, 0.3) is 11.1 Å². The minimum atomic E-state index is 0.532. The molecule has 0 N–H and O–H groups in total. The van der Waals surface area contributed by atoms with Gasteiger partial charge in [-0.2, -0.15) is 4.98 Å². The van der Waals surface area contributed by atoms with E-state index < -0.39 is 0 Å². The van der Waals surface area contributed by atoms with Gasteiger partial charge in [-0.1, -0.05) is 89.7 Å². The Kier molecular flexibility index (Phi) is 5.37. The van der Waals surface area contributed by atoms with E-state index in [0.717, 1.165) is 39.5 Å². The molecule has 5 nitrogen and oxygen atoms in total. The van der Waals surface area contributed by atoms with Gasteiger partial charge < -0.3 is 8.94 Å². The highest BCUT2D eigenvalue weighted by Gasteiger charge is 2.17. The fourth-order valence-electron chi connectivity index (χ4n) is 3.24. The summed E-state index contributed by atoms with van der Waals surface area (Å²) >= 11 is 1.57. The molecule has 152 valence electrons. The Morgan fingerprint density at radius 2 is 1.42 bits per heavy atom. The topological polar surface area (TPSA) is 65.0 Å². The standard InChI is InChI=1S/C25H19N3O2S/c1-17-26-24(30-28-17)21-14-12-18(13-15-21)16-31-25-27-22(19-8-4-2-5-9-19)23(29-25)20-10-6-3-7-11-20/h2-15H,16H2,1H3. The molecular formula is C25H19N3O2S. The van der Waals surface area contributed by atoms with Gasteiger partial charge in [0.15, 0.2) is 11.6 Å². The van der Waals surface area contributed by atoms with E-state index in [1.165, 1.54) is 0 Å². The van der Waals surface area contributed by atoms with Gasteiger partial charge in [-0.3, -0.25) is 0 Å². The summed E-state index contributed by atoms with van der Waals surface area (Å²) in [5.74, 6) is 2.69. The lowest BCUT2D eigenvalue weighted by Gasteiger charge is -2.01. The molecule has 5 rings (SSSR count). The number of aromatic nitrogens is 3. The third kappa shape index (κ3) is 4.29. The molecule has 0 saturated carbocycles. The molecule has 0 amide bonds. The van der Waals surface area contributed by atoms with Crippen LogP contribution in [0.3, 0.4) is 0 Å². The van der Waals surface area contributed by atoms with Crippen molar-refractivity contribution in [3.8, 4) is 34.0 Å². The van der Waals surface area contributed by atoms with E-state index >= 15 is 0 Å². The summed E-state index contributed by atoms with van der Waals surface area (Å²) in [7, 11) is 0. The molecule has 0 aliphatic heterocycles. The second kappa shape index (κ2) is 8.62. The number of hydrogen-bond donors (Lipinski definition) is 0. The Bertz CT molecular complexity index is 1220. The largest absolute Gasteiger partial charge is 0.431 e. The third-order valence-electron chi connectivity index (χ3n) is 4.78. The zero-order valence-electron chi connectivity index (χ0n) is 16.9. The number of rotatable bonds is 6. The molecule has 0 bridgehead atoms. The molecule has 0 aliphatic rings. The molecule has 0 fully saturated rings. The highest BCUT2D eigenvalue weighted by Crippen LogP contribution is 2.36. The van der Waals surface area contributed by atoms with Crippen LogP contribution in [0, 0.1) is 6.92 Å². The maximum absolute atomic E-state index is 6.19. The van der Waals surface area contributed by atoms with Gasteiger partial charge in [0.05, 0.1) is 0 Å². The van der Waals surface area contributed by atoms with Crippen LogP contribution in [0.25, 0.3) is 34.0 Å². The summed E-state index contributed by atoms with van der Waals surface area (Å²) in [6.45, 7) is 1.81. The molecule has 3 aromatic carbocycles. The highest BCUT2D eigenvalue weighted by atomic mass is 32.2.